The van der Waals surface area contributed by atoms with E-state index in [9.17, 15) is 9.59 Å². The topological polar surface area (TPSA) is 99.0 Å². The summed E-state index contributed by atoms with van der Waals surface area (Å²) in [7, 11) is 0. The normalized spacial score (nSPS) is 14.7. The number of rotatable bonds is 5. The summed E-state index contributed by atoms with van der Waals surface area (Å²) in [6.45, 7) is 7.27. The molecule has 8 nitrogen and oxygen atoms in total. The van der Waals surface area contributed by atoms with E-state index in [1.54, 1.807) is 62.6 Å². The third-order valence-corrected chi connectivity index (χ3v) is 4.75. The summed E-state index contributed by atoms with van der Waals surface area (Å²) in [5.74, 6) is -0.297. The lowest BCUT2D eigenvalue weighted by molar-refractivity contribution is 0.0486. The number of nitrogens with one attached hydrogen (secondary N) is 1. The molecule has 1 fully saturated rings. The third kappa shape index (κ3) is 4.47. The van der Waals surface area contributed by atoms with E-state index in [2.05, 4.69) is 20.4 Å². The van der Waals surface area contributed by atoms with Crippen LogP contribution >= 0.6 is 0 Å². The highest BCUT2D eigenvalue weighted by Crippen LogP contribution is 2.38. The highest BCUT2D eigenvalue weighted by atomic mass is 16.6. The summed E-state index contributed by atoms with van der Waals surface area (Å²) in [6.07, 6.45) is 6.62. The number of ether oxygens (including phenoxy) is 1. The Morgan fingerprint density at radius 3 is 2.55 bits per heavy atom. The lowest BCUT2D eigenvalue weighted by Crippen LogP contribution is -2.45. The van der Waals surface area contributed by atoms with Crippen LogP contribution in [0.15, 0.2) is 48.9 Å². The van der Waals surface area contributed by atoms with E-state index >= 15 is 0 Å². The zero-order valence-corrected chi connectivity index (χ0v) is 17.9. The molecule has 1 unspecified atom stereocenters. The highest BCUT2D eigenvalue weighted by molar-refractivity contribution is 6.08. The zero-order valence-electron chi connectivity index (χ0n) is 17.9. The average molecular weight is 418 g/mol. The van der Waals surface area contributed by atoms with Crippen molar-refractivity contribution < 1.29 is 14.3 Å². The van der Waals surface area contributed by atoms with Gasteiger partial charge in [0.1, 0.15) is 16.8 Å². The molecule has 159 valence electrons. The Hall–Kier alpha value is -3.55. The molecule has 1 amide bonds. The molecule has 4 rings (SSSR count). The number of hydrogen-bond donors (Lipinski definition) is 1. The van der Waals surface area contributed by atoms with E-state index < -0.39 is 17.2 Å². The summed E-state index contributed by atoms with van der Waals surface area (Å²) in [6, 6.07) is 9.17. The fourth-order valence-corrected chi connectivity index (χ4v) is 3.13. The molecular weight excluding hydrogens is 394 g/mol. The maximum atomic E-state index is 13.3. The molecule has 1 aliphatic carbocycles. The highest BCUT2D eigenvalue weighted by Gasteiger charge is 2.53. The first-order chi connectivity index (χ1) is 14.7. The monoisotopic (exact) mass is 418 g/mol. The molecule has 31 heavy (non-hydrogen) atoms. The van der Waals surface area contributed by atoms with Crippen molar-refractivity contribution in [2.75, 3.05) is 0 Å². The minimum atomic E-state index is -1.10. The van der Waals surface area contributed by atoms with E-state index in [1.165, 1.54) is 0 Å². The molecule has 0 aromatic carbocycles. The van der Waals surface area contributed by atoms with Crippen molar-refractivity contribution in [1.29, 1.82) is 0 Å². The number of aryl methyl sites for hydroxylation is 1. The maximum Gasteiger partial charge on any atom is 0.408 e. The first-order valence-corrected chi connectivity index (χ1v) is 10.0. The van der Waals surface area contributed by atoms with E-state index in [1.807, 2.05) is 25.1 Å². The van der Waals surface area contributed by atoms with Gasteiger partial charge in [-0.25, -0.2) is 9.48 Å². The number of aromatic nitrogens is 4. The molecule has 3 aromatic heterocycles. The van der Waals surface area contributed by atoms with Gasteiger partial charge >= 0.3 is 6.09 Å². The Morgan fingerprint density at radius 2 is 1.97 bits per heavy atom. The minimum absolute atomic E-state index is 0.228. The lowest BCUT2D eigenvalue weighted by atomic mass is 10.1. The van der Waals surface area contributed by atoms with Crippen molar-refractivity contribution in [1.82, 2.24) is 25.1 Å². The molecule has 0 bridgehead atoms. The van der Waals surface area contributed by atoms with Crippen LogP contribution in [0.25, 0.3) is 17.1 Å². The van der Waals surface area contributed by atoms with Crippen LogP contribution in [0.2, 0.25) is 0 Å². The average Bonchev–Trinajstić information content (AvgIpc) is 3.35. The predicted octanol–water partition coefficient (Wildman–Crippen LogP) is 3.69. The molecule has 1 N–H and O–H groups in total. The number of carbonyl (C=O) groups is 2. The summed E-state index contributed by atoms with van der Waals surface area (Å²) in [4.78, 5) is 34.2. The third-order valence-electron chi connectivity index (χ3n) is 4.75. The summed E-state index contributed by atoms with van der Waals surface area (Å²) in [5, 5.41) is 7.24. The largest absolute Gasteiger partial charge is 0.444 e. The number of alkyl carbamates (subject to hydrolysis) is 1. The zero-order chi connectivity index (χ0) is 22.2. The molecule has 1 aliphatic rings. The second kappa shape index (κ2) is 7.61. The van der Waals surface area contributed by atoms with Crippen LogP contribution in [0.5, 0.6) is 0 Å². The van der Waals surface area contributed by atoms with Gasteiger partial charge < -0.3 is 10.1 Å². The van der Waals surface area contributed by atoms with E-state index in [0.29, 0.717) is 23.5 Å². The van der Waals surface area contributed by atoms with Crippen molar-refractivity contribution in [2.24, 2.45) is 0 Å². The fourth-order valence-electron chi connectivity index (χ4n) is 3.13. The molecule has 3 heterocycles. The van der Waals surface area contributed by atoms with Crippen molar-refractivity contribution in [3.63, 3.8) is 0 Å². The molecule has 1 radical (unpaired) electrons. The molecule has 1 atom stereocenters. The molecular formula is C23H24N5O3. The number of Topliss-reactive ketones (excluding diaryl/α,β-unsaturated/α-hetero) is 1. The van der Waals surface area contributed by atoms with E-state index in [-0.39, 0.29) is 11.5 Å². The SMILES string of the molecule is Cc1ccc(-c2cc(C(=O)C3(NC(=O)OC(C)(C)C)[CH]C3)nn2-c2cccnc2)nc1. The standard InChI is InChI=1S/C23H24N5O3/c1-15-7-8-17(25-13-15)19-12-18(27-28(19)16-6-5-11-24-14-16)20(29)23(9-10-23)26-21(30)31-22(2,3)4/h5-9,11-14H,10H2,1-4H3,(H,26,30). The van der Waals surface area contributed by atoms with Crippen molar-refractivity contribution in [3.05, 3.63) is 66.6 Å². The van der Waals surface area contributed by atoms with Crippen LogP contribution < -0.4 is 5.32 Å². The molecule has 0 spiro atoms. The van der Waals surface area contributed by atoms with Crippen molar-refractivity contribution in [2.45, 2.75) is 45.3 Å². The molecule has 3 aromatic rings. The first kappa shape index (κ1) is 20.7. The molecule has 0 saturated heterocycles. The van der Waals surface area contributed by atoms with Crippen LogP contribution in [0.4, 0.5) is 4.79 Å². The van der Waals surface area contributed by atoms with E-state index in [4.69, 9.17) is 4.74 Å². The molecule has 8 heteroatoms. The lowest BCUT2D eigenvalue weighted by Gasteiger charge is -2.22. The Kier molecular flexibility index (Phi) is 5.08. The van der Waals surface area contributed by atoms with Gasteiger partial charge in [0.15, 0.2) is 0 Å². The Bertz CT molecular complexity index is 1110. The second-order valence-electron chi connectivity index (χ2n) is 8.59. The Morgan fingerprint density at radius 1 is 1.19 bits per heavy atom. The minimum Gasteiger partial charge on any atom is -0.444 e. The first-order valence-electron chi connectivity index (χ1n) is 10.0. The summed E-state index contributed by atoms with van der Waals surface area (Å²) in [5.41, 5.74) is 1.53. The van der Waals surface area contributed by atoms with Crippen LogP contribution in [-0.2, 0) is 4.74 Å². The van der Waals surface area contributed by atoms with Gasteiger partial charge in [0.2, 0.25) is 5.78 Å². The van der Waals surface area contributed by atoms with Gasteiger partial charge in [-0.2, -0.15) is 5.10 Å². The number of pyridine rings is 2. The van der Waals surface area contributed by atoms with Crippen LogP contribution in [0.1, 0.15) is 43.2 Å². The number of hydrogen-bond acceptors (Lipinski definition) is 6. The van der Waals surface area contributed by atoms with Crippen LogP contribution in [0, 0.1) is 13.3 Å². The predicted molar refractivity (Wildman–Crippen MR) is 115 cm³/mol. The van der Waals surface area contributed by atoms with Gasteiger partial charge in [-0.15, -0.1) is 0 Å². The summed E-state index contributed by atoms with van der Waals surface area (Å²) >= 11 is 0. The Labute approximate surface area is 180 Å². The van der Waals surface area contributed by atoms with Crippen molar-refractivity contribution >= 4 is 11.9 Å². The number of nitrogens with zero attached hydrogens (tertiary/aromatic N) is 4. The van der Waals surface area contributed by atoms with Crippen molar-refractivity contribution in [3.8, 4) is 17.1 Å². The Balaban J connectivity index is 1.68. The second-order valence-corrected chi connectivity index (χ2v) is 8.59. The number of carbonyl (C=O) groups excluding carboxylic acids is 2. The number of amides is 1. The van der Waals surface area contributed by atoms with Gasteiger partial charge in [-0.3, -0.25) is 14.8 Å². The van der Waals surface area contributed by atoms with Gasteiger partial charge in [0, 0.05) is 12.4 Å². The number of ketones is 1. The van der Waals surface area contributed by atoms with Crippen LogP contribution in [0.3, 0.4) is 0 Å². The molecule has 0 aliphatic heterocycles. The molecule has 1 saturated carbocycles. The maximum absolute atomic E-state index is 13.3. The smallest absolute Gasteiger partial charge is 0.408 e. The van der Waals surface area contributed by atoms with Crippen LogP contribution in [-0.4, -0.2) is 42.8 Å². The van der Waals surface area contributed by atoms with E-state index in [0.717, 1.165) is 5.56 Å². The van der Waals surface area contributed by atoms with Gasteiger partial charge in [-0.05, 0) is 70.4 Å². The fraction of sp³-hybridized carbons (Fsp3) is 0.304. The quantitative estimate of drug-likeness (QED) is 0.635. The van der Waals surface area contributed by atoms with Gasteiger partial charge in [0.25, 0.3) is 0 Å². The van der Waals surface area contributed by atoms with Gasteiger partial charge in [0.05, 0.1) is 23.3 Å². The van der Waals surface area contributed by atoms with Gasteiger partial charge in [-0.1, -0.05) is 6.07 Å². The summed E-state index contributed by atoms with van der Waals surface area (Å²) < 4.78 is 6.95.